The molecule has 1 atom stereocenters. The van der Waals surface area contributed by atoms with Gasteiger partial charge < -0.3 is 9.80 Å². The molecular weight excluding hydrogens is 326 g/mol. The third kappa shape index (κ3) is 2.98. The minimum Gasteiger partial charge on any atom is -0.337 e. The molecule has 134 valence electrons. The second kappa shape index (κ2) is 6.24. The van der Waals surface area contributed by atoms with E-state index in [1.807, 2.05) is 60.0 Å². The molecule has 2 saturated heterocycles. The average molecular weight is 349 g/mol. The van der Waals surface area contributed by atoms with Crippen molar-refractivity contribution < 1.29 is 9.59 Å². The normalized spacial score (nSPS) is 22.5. The van der Waals surface area contributed by atoms with E-state index in [1.165, 1.54) is 0 Å². The third-order valence-electron chi connectivity index (χ3n) is 5.47. The summed E-state index contributed by atoms with van der Waals surface area (Å²) in [6, 6.07) is 13.6. The van der Waals surface area contributed by atoms with Crippen LogP contribution in [0.25, 0.3) is 0 Å². The number of hydrogen-bond donors (Lipinski definition) is 0. The van der Waals surface area contributed by atoms with E-state index < -0.39 is 0 Å². The molecule has 5 nitrogen and oxygen atoms in total. The molecule has 1 spiro atoms. The largest absolute Gasteiger partial charge is 0.337 e. The van der Waals surface area contributed by atoms with Crippen LogP contribution in [0.3, 0.4) is 0 Å². The number of rotatable bonds is 2. The van der Waals surface area contributed by atoms with Crippen LogP contribution in [0.15, 0.2) is 42.5 Å². The Kier molecular flexibility index (Phi) is 4.02. The van der Waals surface area contributed by atoms with Gasteiger partial charge in [0, 0.05) is 42.9 Å². The lowest BCUT2D eigenvalue weighted by Crippen LogP contribution is -2.34. The minimum atomic E-state index is -0.139. The van der Waals surface area contributed by atoms with Gasteiger partial charge in [-0.1, -0.05) is 18.2 Å². The molecule has 4 rings (SSSR count). The van der Waals surface area contributed by atoms with Crippen LogP contribution in [0, 0.1) is 19.3 Å². The lowest BCUT2D eigenvalue weighted by molar-refractivity contribution is -0.117. The van der Waals surface area contributed by atoms with Crippen LogP contribution in [0.4, 0.5) is 5.69 Å². The van der Waals surface area contributed by atoms with Gasteiger partial charge >= 0.3 is 0 Å². The van der Waals surface area contributed by atoms with Crippen molar-refractivity contribution in [3.63, 3.8) is 0 Å². The summed E-state index contributed by atoms with van der Waals surface area (Å²) in [4.78, 5) is 33.5. The molecule has 0 saturated carbocycles. The molecule has 2 aliphatic rings. The first-order chi connectivity index (χ1) is 12.5. The summed E-state index contributed by atoms with van der Waals surface area (Å²) in [5.41, 5.74) is 3.29. The molecule has 0 bridgehead atoms. The monoisotopic (exact) mass is 349 g/mol. The highest BCUT2D eigenvalue weighted by atomic mass is 16.2. The molecule has 26 heavy (non-hydrogen) atoms. The highest BCUT2D eigenvalue weighted by Gasteiger charge is 2.49. The molecular formula is C21H23N3O2. The third-order valence-corrected chi connectivity index (χ3v) is 5.47. The number of likely N-dealkylation sites (tertiary alicyclic amines) is 1. The summed E-state index contributed by atoms with van der Waals surface area (Å²) >= 11 is 0. The number of aryl methyl sites for hydroxylation is 2. The standard InChI is InChI=1S/C21H23N3O2/c1-15-5-3-7-17(11-15)24-14-21(12-19(24)25)9-10-23(13-21)20(26)18-8-4-6-16(2)22-18/h3-8,11H,9-10,12-14H2,1-2H3. The van der Waals surface area contributed by atoms with Crippen molar-refractivity contribution in [2.24, 2.45) is 5.41 Å². The van der Waals surface area contributed by atoms with E-state index in [0.717, 1.165) is 23.4 Å². The molecule has 2 amide bonds. The molecule has 1 aromatic carbocycles. The molecule has 5 heteroatoms. The summed E-state index contributed by atoms with van der Waals surface area (Å²) in [6.45, 7) is 5.90. The van der Waals surface area contributed by atoms with Gasteiger partial charge in [0.15, 0.2) is 0 Å². The summed E-state index contributed by atoms with van der Waals surface area (Å²) < 4.78 is 0. The van der Waals surface area contributed by atoms with Gasteiger partial charge in [0.25, 0.3) is 5.91 Å². The van der Waals surface area contributed by atoms with E-state index in [-0.39, 0.29) is 17.2 Å². The molecule has 3 heterocycles. The first-order valence-corrected chi connectivity index (χ1v) is 9.06. The van der Waals surface area contributed by atoms with Crippen LogP contribution in [-0.4, -0.2) is 41.3 Å². The Hall–Kier alpha value is -2.69. The molecule has 2 aromatic rings. The zero-order valence-electron chi connectivity index (χ0n) is 15.2. The fraction of sp³-hybridized carbons (Fsp3) is 0.381. The summed E-state index contributed by atoms with van der Waals surface area (Å²) in [6.07, 6.45) is 1.37. The number of carbonyl (C=O) groups is 2. The fourth-order valence-electron chi connectivity index (χ4n) is 4.13. The van der Waals surface area contributed by atoms with E-state index in [4.69, 9.17) is 0 Å². The number of aromatic nitrogens is 1. The van der Waals surface area contributed by atoms with Crippen LogP contribution >= 0.6 is 0 Å². The fourth-order valence-corrected chi connectivity index (χ4v) is 4.13. The first kappa shape index (κ1) is 16.8. The van der Waals surface area contributed by atoms with Crippen LogP contribution < -0.4 is 4.90 Å². The first-order valence-electron chi connectivity index (χ1n) is 9.06. The van der Waals surface area contributed by atoms with E-state index >= 15 is 0 Å². The zero-order valence-corrected chi connectivity index (χ0v) is 15.2. The maximum absolute atomic E-state index is 12.8. The summed E-state index contributed by atoms with van der Waals surface area (Å²) in [5.74, 6) is 0.116. The second-order valence-electron chi connectivity index (χ2n) is 7.64. The van der Waals surface area contributed by atoms with Crippen LogP contribution in [0.1, 0.15) is 34.6 Å². The number of nitrogens with zero attached hydrogens (tertiary/aromatic N) is 3. The van der Waals surface area contributed by atoms with Crippen molar-refractivity contribution in [2.45, 2.75) is 26.7 Å². The average Bonchev–Trinajstić information content (AvgIpc) is 3.17. The Morgan fingerprint density at radius 3 is 2.69 bits per heavy atom. The Morgan fingerprint density at radius 2 is 1.92 bits per heavy atom. The smallest absolute Gasteiger partial charge is 0.272 e. The van der Waals surface area contributed by atoms with Crippen molar-refractivity contribution in [2.75, 3.05) is 24.5 Å². The predicted molar refractivity (Wildman–Crippen MR) is 100 cm³/mol. The Morgan fingerprint density at radius 1 is 1.12 bits per heavy atom. The minimum absolute atomic E-state index is 0.0352. The Balaban J connectivity index is 1.51. The van der Waals surface area contributed by atoms with E-state index in [2.05, 4.69) is 4.98 Å². The van der Waals surface area contributed by atoms with Crippen molar-refractivity contribution in [3.05, 3.63) is 59.4 Å². The Labute approximate surface area is 153 Å². The van der Waals surface area contributed by atoms with Crippen molar-refractivity contribution in [1.82, 2.24) is 9.88 Å². The van der Waals surface area contributed by atoms with Crippen molar-refractivity contribution in [3.8, 4) is 0 Å². The molecule has 0 radical (unpaired) electrons. The van der Waals surface area contributed by atoms with Crippen LogP contribution in [-0.2, 0) is 4.79 Å². The van der Waals surface area contributed by atoms with Gasteiger partial charge in [-0.05, 0) is 50.1 Å². The lowest BCUT2D eigenvalue weighted by atomic mass is 9.86. The number of benzene rings is 1. The maximum Gasteiger partial charge on any atom is 0.272 e. The number of anilines is 1. The molecule has 2 fully saturated rings. The lowest BCUT2D eigenvalue weighted by Gasteiger charge is -2.24. The van der Waals surface area contributed by atoms with Gasteiger partial charge in [-0.3, -0.25) is 9.59 Å². The Bertz CT molecular complexity index is 879. The topological polar surface area (TPSA) is 53.5 Å². The van der Waals surface area contributed by atoms with Crippen LogP contribution in [0.2, 0.25) is 0 Å². The highest BCUT2D eigenvalue weighted by molar-refractivity contribution is 5.97. The van der Waals surface area contributed by atoms with Crippen molar-refractivity contribution in [1.29, 1.82) is 0 Å². The second-order valence-corrected chi connectivity index (χ2v) is 7.64. The van der Waals surface area contributed by atoms with Gasteiger partial charge in [-0.2, -0.15) is 0 Å². The van der Waals surface area contributed by atoms with Gasteiger partial charge in [0.2, 0.25) is 5.91 Å². The number of hydrogen-bond acceptors (Lipinski definition) is 3. The summed E-state index contributed by atoms with van der Waals surface area (Å²) in [7, 11) is 0. The highest BCUT2D eigenvalue weighted by Crippen LogP contribution is 2.42. The van der Waals surface area contributed by atoms with E-state index in [9.17, 15) is 9.59 Å². The van der Waals surface area contributed by atoms with Gasteiger partial charge in [0.05, 0.1) is 0 Å². The van der Waals surface area contributed by atoms with E-state index in [1.54, 1.807) is 6.07 Å². The van der Waals surface area contributed by atoms with Gasteiger partial charge in [0.1, 0.15) is 5.69 Å². The molecule has 2 aliphatic heterocycles. The molecule has 1 aromatic heterocycles. The molecule has 0 N–H and O–H groups in total. The molecule has 0 aliphatic carbocycles. The molecule has 1 unspecified atom stereocenters. The zero-order chi connectivity index (χ0) is 18.3. The SMILES string of the molecule is Cc1cccc(N2CC3(CCN(C(=O)c4cccc(C)n4)C3)CC2=O)c1. The van der Waals surface area contributed by atoms with Crippen LogP contribution in [0.5, 0.6) is 0 Å². The quantitative estimate of drug-likeness (QED) is 0.838. The maximum atomic E-state index is 12.8. The number of pyridine rings is 1. The summed E-state index contributed by atoms with van der Waals surface area (Å²) in [5, 5.41) is 0. The number of carbonyl (C=O) groups excluding carboxylic acids is 2. The predicted octanol–water partition coefficient (Wildman–Crippen LogP) is 2.97. The van der Waals surface area contributed by atoms with E-state index in [0.29, 0.717) is 31.7 Å². The van der Waals surface area contributed by atoms with Crippen molar-refractivity contribution >= 4 is 17.5 Å². The van der Waals surface area contributed by atoms with Gasteiger partial charge in [-0.25, -0.2) is 4.98 Å². The van der Waals surface area contributed by atoms with Gasteiger partial charge in [-0.15, -0.1) is 0 Å². The number of amides is 2.